The second-order valence-corrected chi connectivity index (χ2v) is 8.55. The van der Waals surface area contributed by atoms with Crippen molar-refractivity contribution in [2.75, 3.05) is 41.0 Å². The van der Waals surface area contributed by atoms with Crippen molar-refractivity contribution in [3.05, 3.63) is 78.4 Å². The molecule has 3 aromatic rings. The van der Waals surface area contributed by atoms with Crippen LogP contribution in [0.15, 0.2) is 72.8 Å². The van der Waals surface area contributed by atoms with Gasteiger partial charge in [0.15, 0.2) is 5.60 Å². The van der Waals surface area contributed by atoms with Crippen molar-refractivity contribution in [3.8, 4) is 0 Å². The van der Waals surface area contributed by atoms with Crippen LogP contribution in [0.3, 0.4) is 0 Å². The SMILES string of the molecule is CNc1ccc(Nc2ccc(NC(=O)c3ccc(N4CCC(O)(C(F)(F)F)CC4)cc3)cc2)cc1. The molecule has 35 heavy (non-hydrogen) atoms. The first-order valence-corrected chi connectivity index (χ1v) is 11.3. The molecule has 1 amide bonds. The highest BCUT2D eigenvalue weighted by Gasteiger charge is 2.54. The van der Waals surface area contributed by atoms with E-state index in [9.17, 15) is 23.1 Å². The van der Waals surface area contributed by atoms with Gasteiger partial charge < -0.3 is 26.0 Å². The van der Waals surface area contributed by atoms with Gasteiger partial charge in [0.2, 0.25) is 0 Å². The summed E-state index contributed by atoms with van der Waals surface area (Å²) in [6, 6.07) is 21.9. The molecule has 184 valence electrons. The Hall–Kier alpha value is -3.72. The van der Waals surface area contributed by atoms with E-state index in [2.05, 4.69) is 16.0 Å². The number of rotatable bonds is 6. The van der Waals surface area contributed by atoms with Gasteiger partial charge >= 0.3 is 6.18 Å². The van der Waals surface area contributed by atoms with E-state index in [1.54, 1.807) is 41.3 Å². The van der Waals surface area contributed by atoms with Crippen LogP contribution in [0.1, 0.15) is 23.2 Å². The van der Waals surface area contributed by atoms with Crippen LogP contribution in [0.4, 0.5) is 41.6 Å². The highest BCUT2D eigenvalue weighted by atomic mass is 19.4. The maximum atomic E-state index is 13.0. The number of amides is 1. The third kappa shape index (κ3) is 5.68. The summed E-state index contributed by atoms with van der Waals surface area (Å²) in [6.45, 7) is 0.170. The van der Waals surface area contributed by atoms with Crippen LogP contribution in [0.25, 0.3) is 0 Å². The van der Waals surface area contributed by atoms with Gasteiger partial charge in [-0.3, -0.25) is 4.79 Å². The molecule has 1 heterocycles. The van der Waals surface area contributed by atoms with Gasteiger partial charge in [-0.2, -0.15) is 13.2 Å². The number of benzene rings is 3. The molecule has 0 saturated carbocycles. The zero-order valence-corrected chi connectivity index (χ0v) is 19.2. The minimum atomic E-state index is -4.63. The minimum absolute atomic E-state index is 0.0849. The molecule has 0 unspecified atom stereocenters. The Morgan fingerprint density at radius 1 is 0.829 bits per heavy atom. The van der Waals surface area contributed by atoms with Gasteiger partial charge in [0, 0.05) is 67.0 Å². The monoisotopic (exact) mass is 484 g/mol. The number of carbonyl (C=O) groups excluding carboxylic acids is 1. The fraction of sp³-hybridized carbons (Fsp3) is 0.269. The predicted octanol–water partition coefficient (Wildman–Crippen LogP) is 5.62. The number of piperidine rings is 1. The summed E-state index contributed by atoms with van der Waals surface area (Å²) < 4.78 is 39.0. The lowest BCUT2D eigenvalue weighted by Crippen LogP contribution is -2.53. The van der Waals surface area contributed by atoms with Crippen molar-refractivity contribution in [2.24, 2.45) is 0 Å². The summed E-state index contributed by atoms with van der Waals surface area (Å²) in [4.78, 5) is 14.4. The summed E-state index contributed by atoms with van der Waals surface area (Å²) in [5.41, 5.74) is 1.99. The van der Waals surface area contributed by atoms with Crippen molar-refractivity contribution in [1.29, 1.82) is 0 Å². The van der Waals surface area contributed by atoms with Crippen molar-refractivity contribution >= 4 is 34.3 Å². The molecular formula is C26H27F3N4O2. The number of alkyl halides is 3. The van der Waals surface area contributed by atoms with E-state index in [1.165, 1.54) is 0 Å². The number of hydrogen-bond donors (Lipinski definition) is 4. The fourth-order valence-corrected chi connectivity index (χ4v) is 3.97. The Morgan fingerprint density at radius 2 is 1.31 bits per heavy atom. The lowest BCUT2D eigenvalue weighted by atomic mass is 9.90. The Bertz CT molecular complexity index is 1140. The molecule has 0 radical (unpaired) electrons. The summed E-state index contributed by atoms with van der Waals surface area (Å²) in [7, 11) is 1.86. The Balaban J connectivity index is 1.32. The molecular weight excluding hydrogens is 457 g/mol. The standard InChI is InChI=1S/C26H27F3N4O2/c1-30-19-4-6-20(7-5-19)31-21-8-10-22(11-9-21)32-24(34)18-2-12-23(13-3-18)33-16-14-25(35,15-17-33)26(27,28)29/h2-13,30-31,35H,14-17H2,1H3,(H,32,34). The number of hydrogen-bond acceptors (Lipinski definition) is 5. The topological polar surface area (TPSA) is 76.6 Å². The van der Waals surface area contributed by atoms with Crippen molar-refractivity contribution in [1.82, 2.24) is 0 Å². The van der Waals surface area contributed by atoms with Gasteiger partial charge in [-0.15, -0.1) is 0 Å². The maximum Gasteiger partial charge on any atom is 0.417 e. The molecule has 0 bridgehead atoms. The molecule has 4 N–H and O–H groups in total. The van der Waals surface area contributed by atoms with Gasteiger partial charge in [0.05, 0.1) is 0 Å². The van der Waals surface area contributed by atoms with Crippen LogP contribution >= 0.6 is 0 Å². The van der Waals surface area contributed by atoms with E-state index in [1.807, 2.05) is 43.4 Å². The molecule has 1 aliphatic rings. The van der Waals surface area contributed by atoms with Crippen LogP contribution in [-0.2, 0) is 0 Å². The van der Waals surface area contributed by atoms with Gasteiger partial charge in [-0.1, -0.05) is 0 Å². The highest BCUT2D eigenvalue weighted by Crippen LogP contribution is 2.39. The van der Waals surface area contributed by atoms with Crippen LogP contribution < -0.4 is 20.9 Å². The lowest BCUT2D eigenvalue weighted by Gasteiger charge is -2.40. The zero-order chi connectivity index (χ0) is 25.1. The normalized spacial score (nSPS) is 15.4. The third-order valence-electron chi connectivity index (χ3n) is 6.22. The average molecular weight is 485 g/mol. The molecule has 1 saturated heterocycles. The molecule has 3 aromatic carbocycles. The molecule has 4 rings (SSSR count). The van der Waals surface area contributed by atoms with Crippen LogP contribution in [-0.4, -0.2) is 42.9 Å². The maximum absolute atomic E-state index is 13.0. The van der Waals surface area contributed by atoms with Gasteiger partial charge in [-0.25, -0.2) is 0 Å². The number of anilines is 5. The first-order chi connectivity index (χ1) is 16.7. The Labute approximate surface area is 201 Å². The smallest absolute Gasteiger partial charge is 0.388 e. The number of carbonyl (C=O) groups is 1. The predicted molar refractivity (Wildman–Crippen MR) is 133 cm³/mol. The summed E-state index contributed by atoms with van der Waals surface area (Å²) in [5.74, 6) is -0.287. The zero-order valence-electron chi connectivity index (χ0n) is 19.2. The molecule has 0 aliphatic carbocycles. The summed E-state index contributed by atoms with van der Waals surface area (Å²) in [5, 5.41) is 19.0. The number of aliphatic hydroxyl groups is 1. The fourth-order valence-electron chi connectivity index (χ4n) is 3.97. The first kappa shape index (κ1) is 24.4. The van der Waals surface area contributed by atoms with E-state index in [0.717, 1.165) is 17.1 Å². The first-order valence-electron chi connectivity index (χ1n) is 11.3. The number of halogens is 3. The largest absolute Gasteiger partial charge is 0.417 e. The molecule has 9 heteroatoms. The van der Waals surface area contributed by atoms with Crippen molar-refractivity contribution < 1.29 is 23.1 Å². The number of nitrogens with zero attached hydrogens (tertiary/aromatic N) is 1. The van der Waals surface area contributed by atoms with E-state index in [4.69, 9.17) is 0 Å². The average Bonchev–Trinajstić information content (AvgIpc) is 2.85. The Kier molecular flexibility index (Phi) is 6.88. The van der Waals surface area contributed by atoms with Crippen LogP contribution in [0.2, 0.25) is 0 Å². The molecule has 0 atom stereocenters. The molecule has 6 nitrogen and oxygen atoms in total. The molecule has 0 spiro atoms. The van der Waals surface area contributed by atoms with Crippen LogP contribution in [0.5, 0.6) is 0 Å². The third-order valence-corrected chi connectivity index (χ3v) is 6.22. The van der Waals surface area contributed by atoms with E-state index < -0.39 is 11.8 Å². The Morgan fingerprint density at radius 3 is 1.80 bits per heavy atom. The van der Waals surface area contributed by atoms with Crippen LogP contribution in [0, 0.1) is 0 Å². The van der Waals surface area contributed by atoms with Gasteiger partial charge in [0.25, 0.3) is 5.91 Å². The van der Waals surface area contributed by atoms with Gasteiger partial charge in [0.1, 0.15) is 0 Å². The lowest BCUT2D eigenvalue weighted by molar-refractivity contribution is -0.266. The molecule has 0 aromatic heterocycles. The van der Waals surface area contributed by atoms with Crippen molar-refractivity contribution in [2.45, 2.75) is 24.6 Å². The van der Waals surface area contributed by atoms with E-state index >= 15 is 0 Å². The summed E-state index contributed by atoms with van der Waals surface area (Å²) >= 11 is 0. The van der Waals surface area contributed by atoms with Gasteiger partial charge in [-0.05, 0) is 72.8 Å². The quantitative estimate of drug-likeness (QED) is 0.366. The van der Waals surface area contributed by atoms with E-state index in [-0.39, 0.29) is 31.8 Å². The minimum Gasteiger partial charge on any atom is -0.388 e. The second-order valence-electron chi connectivity index (χ2n) is 8.55. The second kappa shape index (κ2) is 9.87. The molecule has 1 fully saturated rings. The highest BCUT2D eigenvalue weighted by molar-refractivity contribution is 6.04. The van der Waals surface area contributed by atoms with E-state index in [0.29, 0.717) is 16.9 Å². The number of nitrogens with one attached hydrogen (secondary N) is 3. The molecule has 1 aliphatic heterocycles. The summed E-state index contributed by atoms with van der Waals surface area (Å²) in [6.07, 6.45) is -5.40. The van der Waals surface area contributed by atoms with Crippen molar-refractivity contribution in [3.63, 3.8) is 0 Å².